The monoisotopic (exact) mass is 447 g/mol. The zero-order valence-electron chi connectivity index (χ0n) is 19.1. The Kier molecular flexibility index (Phi) is 6.00. The predicted octanol–water partition coefficient (Wildman–Crippen LogP) is 3.35. The van der Waals surface area contributed by atoms with E-state index in [0.717, 1.165) is 61.6 Å². The molecule has 2 fully saturated rings. The molecule has 8 nitrogen and oxygen atoms in total. The number of amides is 1. The molecule has 2 aliphatic heterocycles. The largest absolute Gasteiger partial charge is 0.481 e. The van der Waals surface area contributed by atoms with Gasteiger partial charge in [0.1, 0.15) is 11.6 Å². The Bertz CT molecular complexity index is 1130. The molecule has 2 saturated heterocycles. The van der Waals surface area contributed by atoms with Crippen LogP contribution in [0.1, 0.15) is 12.5 Å². The summed E-state index contributed by atoms with van der Waals surface area (Å²) in [5.41, 5.74) is 4.96. The highest BCUT2D eigenvalue weighted by Crippen LogP contribution is 2.27. The fourth-order valence-corrected chi connectivity index (χ4v) is 4.56. The lowest BCUT2D eigenvalue weighted by atomic mass is 10.1. The molecule has 0 aliphatic carbocycles. The number of hydrogen-bond acceptors (Lipinski definition) is 7. The molecule has 172 valence electrons. The van der Waals surface area contributed by atoms with E-state index >= 15 is 0 Å². The van der Waals surface area contributed by atoms with Crippen molar-refractivity contribution in [2.75, 3.05) is 56.2 Å². The molecule has 33 heavy (non-hydrogen) atoms. The number of ether oxygens (including phenoxy) is 2. The number of nitrogens with zero attached hydrogens (tertiary/aromatic N) is 5. The average molecular weight is 448 g/mol. The molecule has 1 aromatic carbocycles. The van der Waals surface area contributed by atoms with Gasteiger partial charge in [0.2, 0.25) is 5.88 Å². The van der Waals surface area contributed by atoms with E-state index < -0.39 is 0 Å². The van der Waals surface area contributed by atoms with Gasteiger partial charge >= 0.3 is 6.09 Å². The van der Waals surface area contributed by atoms with Gasteiger partial charge in [0.25, 0.3) is 0 Å². The summed E-state index contributed by atoms with van der Waals surface area (Å²) in [6.45, 7) is 7.00. The molecule has 1 amide bonds. The van der Waals surface area contributed by atoms with Crippen molar-refractivity contribution < 1.29 is 14.3 Å². The van der Waals surface area contributed by atoms with Crippen molar-refractivity contribution in [1.82, 2.24) is 14.9 Å². The van der Waals surface area contributed by atoms with Crippen LogP contribution in [0.15, 0.2) is 48.7 Å². The van der Waals surface area contributed by atoms with E-state index in [1.54, 1.807) is 12.0 Å². The van der Waals surface area contributed by atoms with Crippen LogP contribution in [0, 0.1) is 0 Å². The topological polar surface area (TPSA) is 71.0 Å². The van der Waals surface area contributed by atoms with E-state index in [-0.39, 0.29) is 12.2 Å². The van der Waals surface area contributed by atoms with Crippen LogP contribution in [0.5, 0.6) is 5.88 Å². The fraction of sp³-hybridized carbons (Fsp3) is 0.400. The predicted molar refractivity (Wildman–Crippen MR) is 128 cm³/mol. The summed E-state index contributed by atoms with van der Waals surface area (Å²) in [6, 6.07) is 13.9. The molecule has 0 unspecified atom stereocenters. The van der Waals surface area contributed by atoms with E-state index in [0.29, 0.717) is 12.4 Å². The molecule has 3 aromatic rings. The Morgan fingerprint density at radius 1 is 1.06 bits per heavy atom. The number of cyclic esters (lactones) is 1. The molecule has 5 rings (SSSR count). The lowest BCUT2D eigenvalue weighted by molar-refractivity contribution is 0.106. The van der Waals surface area contributed by atoms with Crippen LogP contribution >= 0.6 is 0 Å². The van der Waals surface area contributed by atoms with E-state index in [1.165, 1.54) is 5.56 Å². The number of carbonyl (C=O) groups is 1. The first-order valence-corrected chi connectivity index (χ1v) is 11.5. The maximum Gasteiger partial charge on any atom is 0.414 e. The lowest BCUT2D eigenvalue weighted by Gasteiger charge is -2.36. The smallest absolute Gasteiger partial charge is 0.414 e. The van der Waals surface area contributed by atoms with Gasteiger partial charge in [-0.3, -0.25) is 14.8 Å². The van der Waals surface area contributed by atoms with Crippen LogP contribution < -0.4 is 14.5 Å². The summed E-state index contributed by atoms with van der Waals surface area (Å²) < 4.78 is 11.0. The summed E-state index contributed by atoms with van der Waals surface area (Å²) in [4.78, 5) is 28.0. The van der Waals surface area contributed by atoms with Crippen molar-refractivity contribution in [3.63, 3.8) is 0 Å². The van der Waals surface area contributed by atoms with Gasteiger partial charge < -0.3 is 14.4 Å². The molecule has 0 bridgehead atoms. The SMILES string of the molecule is CCc1ccc(N2C[C@@H](CN3CCN(c4ccnc5ccc(OC)nc45)CC3)OC2=O)cc1. The fourth-order valence-electron chi connectivity index (χ4n) is 4.56. The number of aromatic nitrogens is 2. The zero-order chi connectivity index (χ0) is 22.8. The van der Waals surface area contributed by atoms with Crippen LogP contribution in [0.2, 0.25) is 0 Å². The number of aryl methyl sites for hydroxylation is 1. The molecule has 0 radical (unpaired) electrons. The second kappa shape index (κ2) is 9.23. The molecular weight excluding hydrogens is 418 g/mol. The first-order chi connectivity index (χ1) is 16.1. The van der Waals surface area contributed by atoms with Gasteiger partial charge in [-0.1, -0.05) is 19.1 Å². The number of pyridine rings is 2. The number of anilines is 2. The van der Waals surface area contributed by atoms with Crippen molar-refractivity contribution in [3.05, 3.63) is 54.2 Å². The van der Waals surface area contributed by atoms with Crippen molar-refractivity contribution in [3.8, 4) is 5.88 Å². The summed E-state index contributed by atoms with van der Waals surface area (Å²) in [5, 5.41) is 0. The van der Waals surface area contributed by atoms with E-state index in [9.17, 15) is 4.79 Å². The maximum absolute atomic E-state index is 12.4. The number of benzene rings is 1. The zero-order valence-corrected chi connectivity index (χ0v) is 19.1. The Morgan fingerprint density at radius 2 is 1.85 bits per heavy atom. The minimum absolute atomic E-state index is 0.123. The minimum Gasteiger partial charge on any atom is -0.481 e. The molecule has 8 heteroatoms. The number of methoxy groups -OCH3 is 1. The summed E-state index contributed by atoms with van der Waals surface area (Å²) in [6.07, 6.45) is 2.43. The van der Waals surface area contributed by atoms with E-state index in [1.807, 2.05) is 36.5 Å². The second-order valence-electron chi connectivity index (χ2n) is 8.48. The second-order valence-corrected chi connectivity index (χ2v) is 8.48. The van der Waals surface area contributed by atoms with Gasteiger partial charge in [-0.15, -0.1) is 0 Å². The molecule has 0 spiro atoms. The van der Waals surface area contributed by atoms with Crippen LogP contribution in [-0.4, -0.2) is 73.4 Å². The average Bonchev–Trinajstić information content (AvgIpc) is 3.23. The van der Waals surface area contributed by atoms with Crippen LogP contribution in [0.25, 0.3) is 11.0 Å². The Labute approximate surface area is 193 Å². The number of hydrogen-bond donors (Lipinski definition) is 0. The molecule has 2 aromatic heterocycles. The maximum atomic E-state index is 12.4. The lowest BCUT2D eigenvalue weighted by Crippen LogP contribution is -2.49. The van der Waals surface area contributed by atoms with Gasteiger partial charge in [-0.05, 0) is 36.2 Å². The molecule has 4 heterocycles. The van der Waals surface area contributed by atoms with Gasteiger partial charge in [0.05, 0.1) is 24.9 Å². The molecule has 0 N–H and O–H groups in total. The van der Waals surface area contributed by atoms with Crippen molar-refractivity contribution in [1.29, 1.82) is 0 Å². The Balaban J connectivity index is 1.20. The van der Waals surface area contributed by atoms with Crippen LogP contribution in [0.3, 0.4) is 0 Å². The highest BCUT2D eigenvalue weighted by molar-refractivity contribution is 5.90. The normalized spacial score (nSPS) is 19.2. The summed E-state index contributed by atoms with van der Waals surface area (Å²) >= 11 is 0. The van der Waals surface area contributed by atoms with Crippen LogP contribution in [-0.2, 0) is 11.2 Å². The first kappa shape index (κ1) is 21.5. The van der Waals surface area contributed by atoms with Crippen LogP contribution in [0.4, 0.5) is 16.2 Å². The minimum atomic E-state index is -0.258. The standard InChI is InChI=1S/C25H29N5O3/c1-3-18-4-6-19(7-5-18)30-17-20(33-25(30)31)16-28-12-14-29(15-13-28)22-10-11-26-21-8-9-23(32-2)27-24(21)22/h4-11,20H,3,12-17H2,1-2H3/t20-/m1/s1. The molecular formula is C25H29N5O3. The van der Waals surface area contributed by atoms with Gasteiger partial charge in [-0.25, -0.2) is 9.78 Å². The number of piperazine rings is 1. The number of fused-ring (bicyclic) bond motifs is 1. The van der Waals surface area contributed by atoms with Crippen molar-refractivity contribution in [2.24, 2.45) is 0 Å². The van der Waals surface area contributed by atoms with Crippen molar-refractivity contribution >= 4 is 28.5 Å². The summed E-state index contributed by atoms with van der Waals surface area (Å²) in [5.74, 6) is 0.590. The molecule has 0 saturated carbocycles. The highest BCUT2D eigenvalue weighted by atomic mass is 16.6. The van der Waals surface area contributed by atoms with Gasteiger partial charge in [0, 0.05) is 50.7 Å². The Hall–Kier alpha value is -3.39. The molecule has 1 atom stereocenters. The van der Waals surface area contributed by atoms with Crippen molar-refractivity contribution in [2.45, 2.75) is 19.4 Å². The summed E-state index contributed by atoms with van der Waals surface area (Å²) in [7, 11) is 1.63. The molecule has 2 aliphatic rings. The van der Waals surface area contributed by atoms with E-state index in [2.05, 4.69) is 38.8 Å². The van der Waals surface area contributed by atoms with Gasteiger partial charge in [-0.2, -0.15) is 0 Å². The number of rotatable bonds is 6. The Morgan fingerprint density at radius 3 is 2.58 bits per heavy atom. The van der Waals surface area contributed by atoms with E-state index in [4.69, 9.17) is 9.47 Å². The highest BCUT2D eigenvalue weighted by Gasteiger charge is 2.34. The third-order valence-corrected chi connectivity index (χ3v) is 6.45. The third-order valence-electron chi connectivity index (χ3n) is 6.45. The quantitative estimate of drug-likeness (QED) is 0.574. The third kappa shape index (κ3) is 4.43. The van der Waals surface area contributed by atoms with Gasteiger partial charge in [0.15, 0.2) is 0 Å². The first-order valence-electron chi connectivity index (χ1n) is 11.5. The number of carbonyl (C=O) groups excluding carboxylic acids is 1.